The molecule has 150 valence electrons. The van der Waals surface area contributed by atoms with Crippen molar-refractivity contribution in [3.63, 3.8) is 0 Å². The first kappa shape index (κ1) is 21.0. The van der Waals surface area contributed by atoms with Crippen LogP contribution in [0, 0.1) is 13.8 Å². The molecule has 0 bridgehead atoms. The van der Waals surface area contributed by atoms with E-state index in [0.29, 0.717) is 22.3 Å². The molecule has 0 atom stereocenters. The summed E-state index contributed by atoms with van der Waals surface area (Å²) in [7, 11) is 0. The molecule has 1 heterocycles. The maximum atomic E-state index is 12.5. The summed E-state index contributed by atoms with van der Waals surface area (Å²) in [6, 6.07) is 18.1. The lowest BCUT2D eigenvalue weighted by atomic mass is 10.1. The summed E-state index contributed by atoms with van der Waals surface area (Å²) in [6.07, 6.45) is 0.747. The molecule has 0 unspecified atom stereocenters. The molecule has 1 aromatic heterocycles. The third kappa shape index (κ3) is 5.43. The Morgan fingerprint density at radius 2 is 1.83 bits per heavy atom. The molecule has 0 amide bonds. The van der Waals surface area contributed by atoms with E-state index in [9.17, 15) is 4.79 Å². The number of thiophene rings is 1. The molecule has 0 saturated heterocycles. The fraction of sp³-hybridized carbons (Fsp3) is 0.217. The molecule has 0 aliphatic heterocycles. The first-order valence-corrected chi connectivity index (χ1v) is 10.7. The van der Waals surface area contributed by atoms with Crippen LogP contribution in [0.15, 0.2) is 54.6 Å². The summed E-state index contributed by atoms with van der Waals surface area (Å²) >= 11 is 7.02. The average Bonchev–Trinajstić information content (AvgIpc) is 3.08. The van der Waals surface area contributed by atoms with Crippen molar-refractivity contribution in [1.82, 2.24) is 0 Å². The number of carbonyl (C=O) groups excluding carboxylic acids is 1. The van der Waals surface area contributed by atoms with Crippen LogP contribution < -0.4 is 10.6 Å². The Morgan fingerprint density at radius 1 is 1.07 bits per heavy atom. The minimum Gasteiger partial charge on any atom is -0.462 e. The number of thiocarbonyl (C=S) groups is 1. The highest BCUT2D eigenvalue weighted by molar-refractivity contribution is 7.80. The van der Waals surface area contributed by atoms with Crippen LogP contribution in [0.25, 0.3) is 0 Å². The molecule has 0 saturated carbocycles. The van der Waals surface area contributed by atoms with Crippen LogP contribution in [-0.4, -0.2) is 17.7 Å². The fourth-order valence-corrected chi connectivity index (χ4v) is 4.28. The monoisotopic (exact) mass is 424 g/mol. The summed E-state index contributed by atoms with van der Waals surface area (Å²) in [6.45, 7) is 6.24. The standard InChI is InChI=1S/C23H24N2O2S2/c1-4-27-22(26)19-14-18(13-17-10-6-5-7-11-17)29-21(19)25-23(28)24-20-12-8-9-15(2)16(20)3/h5-12,14H,4,13H2,1-3H3,(H2,24,25,28). The molecule has 4 nitrogen and oxygen atoms in total. The highest BCUT2D eigenvalue weighted by Gasteiger charge is 2.18. The van der Waals surface area contributed by atoms with Gasteiger partial charge in [-0.3, -0.25) is 0 Å². The predicted molar refractivity (Wildman–Crippen MR) is 125 cm³/mol. The zero-order valence-corrected chi connectivity index (χ0v) is 18.4. The number of hydrogen-bond donors (Lipinski definition) is 2. The van der Waals surface area contributed by atoms with Gasteiger partial charge in [-0.2, -0.15) is 0 Å². The summed E-state index contributed by atoms with van der Waals surface area (Å²) in [5.74, 6) is -0.347. The van der Waals surface area contributed by atoms with Crippen molar-refractivity contribution in [2.45, 2.75) is 27.2 Å². The van der Waals surface area contributed by atoms with E-state index in [2.05, 4.69) is 35.8 Å². The van der Waals surface area contributed by atoms with Crippen LogP contribution in [0.4, 0.5) is 10.7 Å². The number of anilines is 2. The number of rotatable bonds is 6. The van der Waals surface area contributed by atoms with Crippen molar-refractivity contribution < 1.29 is 9.53 Å². The Labute approximate surface area is 180 Å². The van der Waals surface area contributed by atoms with Gasteiger partial charge in [0.15, 0.2) is 5.11 Å². The van der Waals surface area contributed by atoms with Gasteiger partial charge in [0.25, 0.3) is 0 Å². The lowest BCUT2D eigenvalue weighted by molar-refractivity contribution is 0.0528. The smallest absolute Gasteiger partial charge is 0.341 e. The van der Waals surface area contributed by atoms with Gasteiger partial charge in [0.1, 0.15) is 5.00 Å². The molecule has 3 aromatic rings. The molecular weight excluding hydrogens is 400 g/mol. The zero-order valence-electron chi connectivity index (χ0n) is 16.7. The number of nitrogens with one attached hydrogen (secondary N) is 2. The number of esters is 1. The Morgan fingerprint density at radius 3 is 2.55 bits per heavy atom. The molecule has 2 aromatic carbocycles. The van der Waals surface area contributed by atoms with Crippen LogP contribution in [-0.2, 0) is 11.2 Å². The Hall–Kier alpha value is -2.70. The van der Waals surface area contributed by atoms with E-state index >= 15 is 0 Å². The molecule has 2 N–H and O–H groups in total. The molecule has 0 radical (unpaired) electrons. The first-order valence-electron chi connectivity index (χ1n) is 9.46. The van der Waals surface area contributed by atoms with Crippen LogP contribution in [0.2, 0.25) is 0 Å². The summed E-state index contributed by atoms with van der Waals surface area (Å²) in [5.41, 5.74) is 4.96. The average molecular weight is 425 g/mol. The first-order chi connectivity index (χ1) is 14.0. The molecule has 0 fully saturated rings. The predicted octanol–water partition coefficient (Wildman–Crippen LogP) is 5.94. The van der Waals surface area contributed by atoms with Crippen molar-refractivity contribution in [2.24, 2.45) is 0 Å². The highest BCUT2D eigenvalue weighted by Crippen LogP contribution is 2.31. The van der Waals surface area contributed by atoms with Crippen molar-refractivity contribution in [3.05, 3.63) is 81.7 Å². The number of benzene rings is 2. The van der Waals surface area contributed by atoms with Gasteiger partial charge in [-0.25, -0.2) is 4.79 Å². The van der Waals surface area contributed by atoms with Gasteiger partial charge in [0, 0.05) is 17.0 Å². The minimum atomic E-state index is -0.347. The maximum absolute atomic E-state index is 12.5. The van der Waals surface area contributed by atoms with Gasteiger partial charge < -0.3 is 15.4 Å². The van der Waals surface area contributed by atoms with Gasteiger partial charge in [0.05, 0.1) is 12.2 Å². The van der Waals surface area contributed by atoms with Crippen molar-refractivity contribution >= 4 is 45.3 Å². The number of aryl methyl sites for hydroxylation is 1. The molecule has 6 heteroatoms. The zero-order chi connectivity index (χ0) is 20.8. The van der Waals surface area contributed by atoms with Gasteiger partial charge >= 0.3 is 5.97 Å². The van der Waals surface area contributed by atoms with E-state index in [1.165, 1.54) is 22.5 Å². The third-order valence-corrected chi connectivity index (χ3v) is 5.83. The summed E-state index contributed by atoms with van der Waals surface area (Å²) in [4.78, 5) is 13.5. The Balaban J connectivity index is 1.81. The van der Waals surface area contributed by atoms with Crippen molar-refractivity contribution in [1.29, 1.82) is 0 Å². The van der Waals surface area contributed by atoms with Crippen molar-refractivity contribution in [3.8, 4) is 0 Å². The van der Waals surface area contributed by atoms with Crippen LogP contribution in [0.5, 0.6) is 0 Å². The molecule has 0 aliphatic carbocycles. The SMILES string of the molecule is CCOC(=O)c1cc(Cc2ccccc2)sc1NC(=S)Nc1cccc(C)c1C. The van der Waals surface area contributed by atoms with Gasteiger partial charge in [-0.1, -0.05) is 42.5 Å². The lowest BCUT2D eigenvalue weighted by Crippen LogP contribution is -2.20. The second kappa shape index (κ2) is 9.67. The minimum absolute atomic E-state index is 0.327. The van der Waals surface area contributed by atoms with Crippen LogP contribution in [0.3, 0.4) is 0 Å². The fourth-order valence-electron chi connectivity index (χ4n) is 2.92. The molecular formula is C23H24N2O2S2. The van der Waals surface area contributed by atoms with E-state index in [1.54, 1.807) is 6.92 Å². The second-order valence-electron chi connectivity index (χ2n) is 6.66. The largest absolute Gasteiger partial charge is 0.462 e. The normalized spacial score (nSPS) is 10.4. The quantitative estimate of drug-likeness (QED) is 0.379. The molecule has 0 aliphatic rings. The van der Waals surface area contributed by atoms with E-state index in [0.717, 1.165) is 22.5 Å². The van der Waals surface area contributed by atoms with E-state index < -0.39 is 0 Å². The van der Waals surface area contributed by atoms with E-state index in [1.807, 2.05) is 43.3 Å². The number of hydrogen-bond acceptors (Lipinski definition) is 4. The molecule has 0 spiro atoms. The summed E-state index contributed by atoms with van der Waals surface area (Å²) in [5, 5.41) is 7.55. The van der Waals surface area contributed by atoms with Crippen molar-refractivity contribution in [2.75, 3.05) is 17.2 Å². The second-order valence-corrected chi connectivity index (χ2v) is 8.21. The third-order valence-electron chi connectivity index (χ3n) is 4.58. The molecule has 3 rings (SSSR count). The van der Waals surface area contributed by atoms with Crippen LogP contribution in [0.1, 0.15) is 38.8 Å². The topological polar surface area (TPSA) is 50.4 Å². The maximum Gasteiger partial charge on any atom is 0.341 e. The van der Waals surface area contributed by atoms with Crippen LogP contribution >= 0.6 is 23.6 Å². The lowest BCUT2D eigenvalue weighted by Gasteiger charge is -2.13. The Bertz CT molecular complexity index is 1010. The number of carbonyl (C=O) groups is 1. The molecule has 29 heavy (non-hydrogen) atoms. The van der Waals surface area contributed by atoms with Gasteiger partial charge in [-0.15, -0.1) is 11.3 Å². The van der Waals surface area contributed by atoms with Gasteiger partial charge in [-0.05, 0) is 61.8 Å². The summed E-state index contributed by atoms with van der Waals surface area (Å²) < 4.78 is 5.23. The Kier molecular flexibility index (Phi) is 7.01. The highest BCUT2D eigenvalue weighted by atomic mass is 32.1. The van der Waals surface area contributed by atoms with Gasteiger partial charge in [0.2, 0.25) is 0 Å². The van der Waals surface area contributed by atoms with E-state index in [4.69, 9.17) is 17.0 Å². The van der Waals surface area contributed by atoms with E-state index in [-0.39, 0.29) is 5.97 Å². The number of ether oxygens (including phenoxy) is 1.